The van der Waals surface area contributed by atoms with Crippen molar-refractivity contribution in [3.63, 3.8) is 0 Å². The van der Waals surface area contributed by atoms with Gasteiger partial charge < -0.3 is 9.47 Å². The molecule has 3 atom stereocenters. The van der Waals surface area contributed by atoms with Crippen LogP contribution < -0.4 is 4.74 Å². The Labute approximate surface area is 190 Å². The molecule has 11 heteroatoms. The zero-order chi connectivity index (χ0) is 24.6. The minimum Gasteiger partial charge on any atom is -0.446 e. The van der Waals surface area contributed by atoms with E-state index in [1.54, 1.807) is 30.3 Å². The monoisotopic (exact) mass is 493 g/mol. The molecule has 1 fully saturated rings. The van der Waals surface area contributed by atoms with Gasteiger partial charge in [0, 0.05) is 6.07 Å². The highest BCUT2D eigenvalue weighted by Crippen LogP contribution is 2.61. The first kappa shape index (κ1) is 24.9. The molecule has 33 heavy (non-hydrogen) atoms. The van der Waals surface area contributed by atoms with Gasteiger partial charge >= 0.3 is 18.3 Å². The first-order valence-corrected chi connectivity index (χ1v) is 10.0. The fourth-order valence-corrected chi connectivity index (χ4v) is 3.55. The molecule has 0 radical (unpaired) electrons. The summed E-state index contributed by atoms with van der Waals surface area (Å²) in [5.74, 6) is -3.39. The minimum atomic E-state index is -5.03. The number of benzene rings is 1. The number of para-hydroxylation sites is 1. The molecule has 0 spiro atoms. The molecule has 1 aliphatic carbocycles. The molecule has 1 aliphatic rings. The molecule has 178 valence electrons. The van der Waals surface area contributed by atoms with Crippen LogP contribution in [0.5, 0.6) is 11.6 Å². The van der Waals surface area contributed by atoms with E-state index in [-0.39, 0.29) is 5.88 Å². The topological polar surface area (TPSA) is 48.4 Å². The van der Waals surface area contributed by atoms with Gasteiger partial charge in [0.05, 0.1) is 11.6 Å². The predicted molar refractivity (Wildman–Crippen MR) is 106 cm³/mol. The fraction of sp³-hybridized carbons (Fsp3) is 0.364. The first-order chi connectivity index (χ1) is 15.2. The number of ether oxygens (including phenoxy) is 2. The number of halogens is 7. The lowest BCUT2D eigenvalue weighted by molar-refractivity contribution is -0.226. The second-order valence-electron chi connectivity index (χ2n) is 8.01. The minimum absolute atomic E-state index is 0.159. The fourth-order valence-electron chi connectivity index (χ4n) is 3.42. The standard InChI is InChI=1S/C22H18ClF6NO3/c1-20(2)13(11-15(23)21(24,25)26)17(20)19(31)33-18(22(27,28)29)14-9-6-10-16(30-14)32-12-7-4-3-5-8-12/h3-11,13,17-18H,1-2H3/t13-,17-,18-/m1/s1. The van der Waals surface area contributed by atoms with Gasteiger partial charge in [0.1, 0.15) is 10.8 Å². The number of rotatable bonds is 6. The summed E-state index contributed by atoms with van der Waals surface area (Å²) < 4.78 is 89.5. The van der Waals surface area contributed by atoms with Crippen molar-refractivity contribution in [2.45, 2.75) is 32.3 Å². The van der Waals surface area contributed by atoms with Crippen molar-refractivity contribution in [2.75, 3.05) is 0 Å². The van der Waals surface area contributed by atoms with E-state index >= 15 is 0 Å². The largest absolute Gasteiger partial charge is 0.446 e. The molecule has 1 saturated carbocycles. The van der Waals surface area contributed by atoms with Gasteiger partial charge in [-0.2, -0.15) is 26.3 Å². The van der Waals surface area contributed by atoms with Crippen LogP contribution in [0.15, 0.2) is 59.6 Å². The number of aromatic nitrogens is 1. The van der Waals surface area contributed by atoms with Crippen molar-refractivity contribution in [3.8, 4) is 11.6 Å². The molecule has 1 heterocycles. The third kappa shape index (κ3) is 5.79. The SMILES string of the molecule is CC1(C)[C@H](C=C(Cl)C(F)(F)F)[C@@H]1C(=O)O[C@H](c1cccc(Oc2ccccc2)n1)C(F)(F)F. The van der Waals surface area contributed by atoms with Crippen molar-refractivity contribution in [1.82, 2.24) is 4.98 Å². The van der Waals surface area contributed by atoms with Crippen LogP contribution in [0.4, 0.5) is 26.3 Å². The maximum Gasteiger partial charge on any atom is 0.431 e. The molecule has 1 aromatic carbocycles. The molecular weight excluding hydrogens is 476 g/mol. The Hall–Kier alpha value is -2.75. The van der Waals surface area contributed by atoms with Crippen molar-refractivity contribution in [2.24, 2.45) is 17.3 Å². The van der Waals surface area contributed by atoms with E-state index in [9.17, 15) is 31.1 Å². The van der Waals surface area contributed by atoms with Gasteiger partial charge in [0.15, 0.2) is 0 Å². The van der Waals surface area contributed by atoms with Crippen LogP contribution in [0.3, 0.4) is 0 Å². The number of pyridine rings is 1. The number of carbonyl (C=O) groups is 1. The van der Waals surface area contributed by atoms with Crippen molar-refractivity contribution in [1.29, 1.82) is 0 Å². The third-order valence-corrected chi connectivity index (χ3v) is 5.61. The summed E-state index contributed by atoms with van der Waals surface area (Å²) in [4.78, 5) is 16.3. The lowest BCUT2D eigenvalue weighted by atomic mass is 10.1. The van der Waals surface area contributed by atoms with Crippen molar-refractivity contribution in [3.05, 3.63) is 65.3 Å². The molecule has 0 aliphatic heterocycles. The summed E-state index contributed by atoms with van der Waals surface area (Å²) in [5.41, 5.74) is -1.70. The average Bonchev–Trinajstić information content (AvgIpc) is 3.25. The lowest BCUT2D eigenvalue weighted by Crippen LogP contribution is -2.28. The van der Waals surface area contributed by atoms with Crippen LogP contribution >= 0.6 is 11.6 Å². The summed E-state index contributed by atoms with van der Waals surface area (Å²) in [5, 5.41) is -1.45. The number of hydrogen-bond acceptors (Lipinski definition) is 4. The van der Waals surface area contributed by atoms with Gasteiger partial charge in [0.2, 0.25) is 12.0 Å². The highest BCUT2D eigenvalue weighted by Gasteiger charge is 2.63. The van der Waals surface area contributed by atoms with Crippen LogP contribution in [0.25, 0.3) is 0 Å². The number of alkyl halides is 6. The number of carbonyl (C=O) groups excluding carboxylic acids is 1. The Morgan fingerprint density at radius 2 is 1.70 bits per heavy atom. The lowest BCUT2D eigenvalue weighted by Gasteiger charge is -2.21. The van der Waals surface area contributed by atoms with E-state index in [0.29, 0.717) is 11.8 Å². The molecule has 0 bridgehead atoms. The van der Waals surface area contributed by atoms with Gasteiger partial charge in [-0.05, 0) is 29.5 Å². The second-order valence-corrected chi connectivity index (χ2v) is 8.42. The molecule has 2 aromatic rings. The Morgan fingerprint density at radius 1 is 1.06 bits per heavy atom. The number of allylic oxidation sites excluding steroid dienone is 2. The molecule has 0 N–H and O–H groups in total. The normalized spacial score (nSPS) is 21.3. The maximum absolute atomic E-state index is 13.7. The van der Waals surface area contributed by atoms with Crippen LogP contribution in [0.2, 0.25) is 0 Å². The van der Waals surface area contributed by atoms with Crippen molar-refractivity contribution < 1.29 is 40.6 Å². The maximum atomic E-state index is 13.7. The average molecular weight is 494 g/mol. The zero-order valence-electron chi connectivity index (χ0n) is 17.2. The molecular formula is C22H18ClF6NO3. The third-order valence-electron chi connectivity index (χ3n) is 5.27. The summed E-state index contributed by atoms with van der Waals surface area (Å²) in [6.45, 7) is 2.88. The van der Waals surface area contributed by atoms with E-state index in [4.69, 9.17) is 21.1 Å². The second kappa shape index (κ2) is 8.89. The van der Waals surface area contributed by atoms with E-state index in [0.717, 1.165) is 6.07 Å². The number of nitrogens with zero attached hydrogens (tertiary/aromatic N) is 1. The highest BCUT2D eigenvalue weighted by atomic mass is 35.5. The van der Waals surface area contributed by atoms with Crippen LogP contribution in [0.1, 0.15) is 25.6 Å². The molecule has 4 nitrogen and oxygen atoms in total. The molecule has 3 rings (SSSR count). The summed E-state index contributed by atoms with van der Waals surface area (Å²) in [6.07, 6.45) is -12.0. The number of esters is 1. The molecule has 1 aromatic heterocycles. The van der Waals surface area contributed by atoms with Crippen molar-refractivity contribution >= 4 is 17.6 Å². The van der Waals surface area contributed by atoms with Gasteiger partial charge in [0.25, 0.3) is 0 Å². The Balaban J connectivity index is 1.81. The van der Waals surface area contributed by atoms with E-state index in [1.165, 1.54) is 26.0 Å². The molecule has 0 amide bonds. The predicted octanol–water partition coefficient (Wildman–Crippen LogP) is 6.98. The van der Waals surface area contributed by atoms with E-state index in [1.807, 2.05) is 0 Å². The van der Waals surface area contributed by atoms with Crippen LogP contribution in [-0.2, 0) is 9.53 Å². The number of hydrogen-bond donors (Lipinski definition) is 0. The molecule has 0 saturated heterocycles. The summed E-state index contributed by atoms with van der Waals surface area (Å²) in [6, 6.07) is 11.8. The smallest absolute Gasteiger partial charge is 0.431 e. The zero-order valence-corrected chi connectivity index (χ0v) is 18.0. The Kier molecular flexibility index (Phi) is 6.70. The van der Waals surface area contributed by atoms with E-state index < -0.39 is 52.4 Å². The van der Waals surface area contributed by atoms with Gasteiger partial charge in [-0.1, -0.05) is 55.8 Å². The van der Waals surface area contributed by atoms with Gasteiger partial charge in [-0.25, -0.2) is 4.98 Å². The highest BCUT2D eigenvalue weighted by molar-refractivity contribution is 6.30. The Bertz CT molecular complexity index is 1040. The van der Waals surface area contributed by atoms with Gasteiger partial charge in [-0.3, -0.25) is 4.79 Å². The van der Waals surface area contributed by atoms with E-state index in [2.05, 4.69) is 4.98 Å². The first-order valence-electron chi connectivity index (χ1n) is 9.63. The van der Waals surface area contributed by atoms with Gasteiger partial charge in [-0.15, -0.1) is 0 Å². The quantitative estimate of drug-likeness (QED) is 0.322. The summed E-state index contributed by atoms with van der Waals surface area (Å²) >= 11 is 5.23. The molecule has 0 unspecified atom stereocenters. The summed E-state index contributed by atoms with van der Waals surface area (Å²) in [7, 11) is 0. The van der Waals surface area contributed by atoms with Crippen LogP contribution in [0, 0.1) is 17.3 Å². The van der Waals surface area contributed by atoms with Crippen LogP contribution in [-0.4, -0.2) is 23.3 Å². The Morgan fingerprint density at radius 3 is 2.27 bits per heavy atom.